The van der Waals surface area contributed by atoms with Crippen LogP contribution >= 0.6 is 0 Å². The Morgan fingerprint density at radius 1 is 0.955 bits per heavy atom. The number of rotatable bonds is 10. The van der Waals surface area contributed by atoms with E-state index in [1.807, 2.05) is 0 Å². The molecule has 0 bridgehead atoms. The van der Waals surface area contributed by atoms with E-state index in [0.29, 0.717) is 0 Å². The molecule has 1 N–H and O–H groups in total. The molecule has 0 saturated carbocycles. The number of hydrogen-bond donors (Lipinski definition) is 1. The molecule has 0 saturated heterocycles. The van der Waals surface area contributed by atoms with Gasteiger partial charge >= 0.3 is 0 Å². The van der Waals surface area contributed by atoms with Crippen molar-refractivity contribution in [1.29, 1.82) is 0 Å². The summed E-state index contributed by atoms with van der Waals surface area (Å²) in [6.45, 7) is 25.8. The van der Waals surface area contributed by atoms with Gasteiger partial charge in [-0.25, -0.2) is 0 Å². The van der Waals surface area contributed by atoms with Crippen molar-refractivity contribution < 1.29 is 0 Å². The van der Waals surface area contributed by atoms with E-state index in [2.05, 4.69) is 80.3 Å². The predicted octanol–water partition coefficient (Wildman–Crippen LogP) is 6.60. The Bertz CT molecular complexity index is 326. The first kappa shape index (κ1) is 22.1. The summed E-state index contributed by atoms with van der Waals surface area (Å²) in [4.78, 5) is 4.25. The van der Waals surface area contributed by atoms with Crippen LogP contribution in [-0.2, 0) is 0 Å². The third kappa shape index (κ3) is 3.78. The van der Waals surface area contributed by atoms with E-state index in [1.165, 1.54) is 25.4 Å². The van der Waals surface area contributed by atoms with Crippen molar-refractivity contribution in [1.82, 2.24) is 4.98 Å². The maximum absolute atomic E-state index is 4.25. The molecule has 1 nitrogen and oxygen atoms in total. The molecule has 0 heterocycles. The summed E-state index contributed by atoms with van der Waals surface area (Å²) in [5, 5.41) is 1.72. The Kier molecular flexibility index (Phi) is 9.49. The lowest BCUT2D eigenvalue weighted by Crippen LogP contribution is -2.76. The molecule has 0 amide bonds. The van der Waals surface area contributed by atoms with Gasteiger partial charge in [0.05, 0.1) is 7.59 Å². The van der Waals surface area contributed by atoms with Gasteiger partial charge < -0.3 is 4.98 Å². The number of unbranched alkanes of at least 4 members (excludes halogenated alkanes) is 1. The van der Waals surface area contributed by atoms with Gasteiger partial charge in [-0.3, -0.25) is 0 Å². The van der Waals surface area contributed by atoms with Crippen LogP contribution in [0.15, 0.2) is 11.3 Å². The van der Waals surface area contributed by atoms with E-state index in [0.717, 1.165) is 16.6 Å². The van der Waals surface area contributed by atoms with Crippen molar-refractivity contribution in [2.24, 2.45) is 0 Å². The van der Waals surface area contributed by atoms with Gasteiger partial charge in [0.1, 0.15) is 7.75 Å². The highest BCUT2D eigenvalue weighted by molar-refractivity contribution is 7.45. The lowest BCUT2D eigenvalue weighted by molar-refractivity contribution is 0.747. The predicted molar refractivity (Wildman–Crippen MR) is 110 cm³/mol. The molecule has 0 aliphatic carbocycles. The first-order chi connectivity index (χ1) is 10.2. The van der Waals surface area contributed by atoms with E-state index >= 15 is 0 Å². The fourth-order valence-electron chi connectivity index (χ4n) is 5.55. The Balaban J connectivity index is 6.27. The average molecular weight is 342 g/mol. The first-order valence-electron chi connectivity index (χ1n) is 9.57. The number of allylic oxidation sites excluding steroid dienone is 2. The molecule has 0 aromatic heterocycles. The lowest BCUT2D eigenvalue weighted by Gasteiger charge is -2.56. The molecule has 0 aromatic carbocycles. The van der Waals surface area contributed by atoms with Crippen LogP contribution in [0, 0.1) is 0 Å². The second-order valence-corrected chi connectivity index (χ2v) is 22.1. The fourth-order valence-corrected chi connectivity index (χ4v) is 30.8. The van der Waals surface area contributed by atoms with Gasteiger partial charge in [0.25, 0.3) is 0 Å². The van der Waals surface area contributed by atoms with Gasteiger partial charge in [0.2, 0.25) is 0 Å². The third-order valence-corrected chi connectivity index (χ3v) is 29.4. The normalized spacial score (nSPS) is 16.7. The molecule has 0 rings (SSSR count). The molecular weight excluding hydrogens is 298 g/mol. The van der Waals surface area contributed by atoms with Gasteiger partial charge in [-0.1, -0.05) is 89.7 Å². The summed E-state index contributed by atoms with van der Waals surface area (Å²) in [5.41, 5.74) is 2.51. The quantitative estimate of drug-likeness (QED) is 0.348. The molecule has 0 fully saturated rings. The minimum absolute atomic E-state index is 0.836. The minimum Gasteiger partial charge on any atom is -0.336 e. The second-order valence-electron chi connectivity index (χ2n) is 7.91. The first-order valence-corrected chi connectivity index (χ1v) is 15.0. The summed E-state index contributed by atoms with van der Waals surface area (Å²) in [6.07, 6.45) is 5.03. The molecule has 0 aromatic rings. The van der Waals surface area contributed by atoms with Crippen molar-refractivity contribution in [2.75, 3.05) is 6.54 Å². The molecule has 0 radical (unpaired) electrons. The standard InChI is InChI=1S/C19H43NSi2/c1-11-14-15-20-21(13-3,19(10)12-2)22(16(4)5,17(6)7)18(8)9/h12,16-18,20H,11,13-15H2,1-10H3/b19-12+. The molecule has 0 aliphatic heterocycles. The molecule has 1 unspecified atom stereocenters. The molecule has 22 heavy (non-hydrogen) atoms. The highest BCUT2D eigenvalue weighted by Gasteiger charge is 2.59. The van der Waals surface area contributed by atoms with Crippen LogP contribution in [0.25, 0.3) is 0 Å². The lowest BCUT2D eigenvalue weighted by atomic mass is 10.3. The fraction of sp³-hybridized carbons (Fsp3) is 0.895. The Morgan fingerprint density at radius 2 is 1.41 bits per heavy atom. The Labute approximate surface area is 143 Å². The van der Waals surface area contributed by atoms with E-state index in [4.69, 9.17) is 0 Å². The maximum atomic E-state index is 4.25. The minimum atomic E-state index is -1.63. The van der Waals surface area contributed by atoms with Crippen molar-refractivity contribution in [2.45, 2.75) is 105 Å². The van der Waals surface area contributed by atoms with Gasteiger partial charge in [0.15, 0.2) is 0 Å². The van der Waals surface area contributed by atoms with Gasteiger partial charge in [-0.05, 0) is 32.9 Å². The van der Waals surface area contributed by atoms with Gasteiger partial charge in [0, 0.05) is 0 Å². The van der Waals surface area contributed by atoms with Crippen LogP contribution in [0.1, 0.15) is 82.1 Å². The zero-order valence-corrected chi connectivity index (χ0v) is 19.1. The summed E-state index contributed by atoms with van der Waals surface area (Å²) in [5.74, 6) is 0. The summed E-state index contributed by atoms with van der Waals surface area (Å²) < 4.78 is 0. The molecule has 132 valence electrons. The average Bonchev–Trinajstić information content (AvgIpc) is 2.44. The SMILES string of the molecule is C/C=C(\C)[Si](CC)(NCCCC)[Si](C(C)C)(C(C)C)C(C)C. The largest absolute Gasteiger partial charge is 0.336 e. The van der Waals surface area contributed by atoms with Crippen LogP contribution in [0.2, 0.25) is 22.7 Å². The van der Waals surface area contributed by atoms with Crippen LogP contribution in [0.4, 0.5) is 0 Å². The Morgan fingerprint density at radius 3 is 1.68 bits per heavy atom. The summed E-state index contributed by atoms with van der Waals surface area (Å²) >= 11 is 0. The highest BCUT2D eigenvalue weighted by Crippen LogP contribution is 2.49. The Hall–Kier alpha value is 0.134. The third-order valence-electron chi connectivity index (χ3n) is 6.20. The topological polar surface area (TPSA) is 12.0 Å². The van der Waals surface area contributed by atoms with Crippen molar-refractivity contribution >= 4 is 15.3 Å². The maximum Gasteiger partial charge on any atom is 0.142 e. The molecule has 3 heteroatoms. The number of hydrogen-bond acceptors (Lipinski definition) is 1. The molecule has 1 atom stereocenters. The van der Waals surface area contributed by atoms with Crippen molar-refractivity contribution in [3.8, 4) is 0 Å². The van der Waals surface area contributed by atoms with Crippen molar-refractivity contribution in [3.05, 3.63) is 11.3 Å². The van der Waals surface area contributed by atoms with E-state index in [-0.39, 0.29) is 0 Å². The van der Waals surface area contributed by atoms with Crippen LogP contribution in [-0.4, -0.2) is 21.9 Å². The molecule has 0 aliphatic rings. The smallest absolute Gasteiger partial charge is 0.142 e. The van der Waals surface area contributed by atoms with Gasteiger partial charge in [-0.15, -0.1) is 0 Å². The molecule has 0 spiro atoms. The second kappa shape index (κ2) is 9.43. The van der Waals surface area contributed by atoms with Gasteiger partial charge in [-0.2, -0.15) is 0 Å². The zero-order valence-electron chi connectivity index (χ0n) is 17.1. The monoisotopic (exact) mass is 341 g/mol. The van der Waals surface area contributed by atoms with Crippen LogP contribution < -0.4 is 4.98 Å². The van der Waals surface area contributed by atoms with E-state index in [1.54, 1.807) is 5.20 Å². The number of nitrogens with one attached hydrogen (secondary N) is 1. The zero-order chi connectivity index (χ0) is 17.6. The van der Waals surface area contributed by atoms with E-state index < -0.39 is 15.3 Å². The summed E-state index contributed by atoms with van der Waals surface area (Å²) in [7, 11) is -3.11. The van der Waals surface area contributed by atoms with Crippen molar-refractivity contribution in [3.63, 3.8) is 0 Å². The summed E-state index contributed by atoms with van der Waals surface area (Å²) in [6, 6.07) is 1.35. The van der Waals surface area contributed by atoms with E-state index in [9.17, 15) is 0 Å². The van der Waals surface area contributed by atoms with Crippen LogP contribution in [0.5, 0.6) is 0 Å². The highest BCUT2D eigenvalue weighted by atomic mass is 29.3. The van der Waals surface area contributed by atoms with Crippen LogP contribution in [0.3, 0.4) is 0 Å². The molecular formula is C19H43NSi2.